The van der Waals surface area contributed by atoms with Gasteiger partial charge in [-0.15, -0.1) is 0 Å². The summed E-state index contributed by atoms with van der Waals surface area (Å²) in [7, 11) is 0. The Balaban J connectivity index is 1.94. The molecule has 0 aliphatic heterocycles. The van der Waals surface area contributed by atoms with Crippen molar-refractivity contribution in [2.75, 3.05) is 11.9 Å². The number of hydrogen-bond donors (Lipinski definition) is 2. The Hall–Kier alpha value is -2.44. The van der Waals surface area contributed by atoms with Gasteiger partial charge in [0.1, 0.15) is 17.8 Å². The van der Waals surface area contributed by atoms with Gasteiger partial charge in [-0.25, -0.2) is 9.97 Å². The highest BCUT2D eigenvalue weighted by Gasteiger charge is 2.11. The molecule has 0 aliphatic carbocycles. The quantitative estimate of drug-likeness (QED) is 0.618. The molecule has 0 fully saturated rings. The molecule has 2 rings (SSSR count). The van der Waals surface area contributed by atoms with Crippen LogP contribution in [0, 0.1) is 17.0 Å². The van der Waals surface area contributed by atoms with E-state index < -0.39 is 4.92 Å². The van der Waals surface area contributed by atoms with Gasteiger partial charge in [0.15, 0.2) is 0 Å². The summed E-state index contributed by atoms with van der Waals surface area (Å²) in [5.74, 6) is 1.52. The van der Waals surface area contributed by atoms with E-state index in [1.807, 2.05) is 0 Å². The Morgan fingerprint density at radius 2 is 2.33 bits per heavy atom. The summed E-state index contributed by atoms with van der Waals surface area (Å²) in [6, 6.07) is 1.67. The van der Waals surface area contributed by atoms with Crippen LogP contribution in [0.2, 0.25) is 0 Å². The first-order chi connectivity index (χ1) is 8.66. The van der Waals surface area contributed by atoms with E-state index in [2.05, 4.69) is 20.3 Å². The van der Waals surface area contributed by atoms with Gasteiger partial charge in [0.25, 0.3) is 5.69 Å². The Kier molecular flexibility index (Phi) is 3.52. The Morgan fingerprint density at radius 1 is 1.50 bits per heavy atom. The zero-order chi connectivity index (χ0) is 13.0. The molecular formula is C11H13N5O2. The summed E-state index contributed by atoms with van der Waals surface area (Å²) in [5, 5.41) is 13.7. The monoisotopic (exact) mass is 247 g/mol. The molecule has 0 bridgehead atoms. The lowest BCUT2D eigenvalue weighted by molar-refractivity contribution is -0.385. The number of aryl methyl sites for hydroxylation is 1. The van der Waals surface area contributed by atoms with Crippen LogP contribution in [0.15, 0.2) is 24.7 Å². The Bertz CT molecular complexity index is 538. The number of hydrogen-bond acceptors (Lipinski definition) is 5. The van der Waals surface area contributed by atoms with E-state index in [1.54, 1.807) is 25.4 Å². The van der Waals surface area contributed by atoms with Crippen molar-refractivity contribution in [2.45, 2.75) is 13.3 Å². The van der Waals surface area contributed by atoms with Gasteiger partial charge in [-0.1, -0.05) is 0 Å². The predicted molar refractivity (Wildman–Crippen MR) is 66.4 cm³/mol. The van der Waals surface area contributed by atoms with Gasteiger partial charge in [0, 0.05) is 30.9 Å². The fourth-order valence-corrected chi connectivity index (χ4v) is 1.58. The van der Waals surface area contributed by atoms with Crippen molar-refractivity contribution in [2.24, 2.45) is 0 Å². The number of nitro groups is 1. The summed E-state index contributed by atoms with van der Waals surface area (Å²) in [5.41, 5.74) is 0.627. The number of rotatable bonds is 5. The third-order valence-electron chi connectivity index (χ3n) is 2.50. The second-order valence-corrected chi connectivity index (χ2v) is 3.83. The molecule has 7 heteroatoms. The normalized spacial score (nSPS) is 10.3. The zero-order valence-corrected chi connectivity index (χ0v) is 9.88. The Morgan fingerprint density at radius 3 is 2.94 bits per heavy atom. The highest BCUT2D eigenvalue weighted by Crippen LogP contribution is 2.18. The smallest absolute Gasteiger partial charge is 0.290 e. The first kappa shape index (κ1) is 12.0. The van der Waals surface area contributed by atoms with E-state index in [1.165, 1.54) is 6.20 Å². The molecule has 0 aliphatic rings. The summed E-state index contributed by atoms with van der Waals surface area (Å²) >= 11 is 0. The number of anilines is 1. The molecule has 2 N–H and O–H groups in total. The van der Waals surface area contributed by atoms with Crippen LogP contribution in [0.5, 0.6) is 0 Å². The molecular weight excluding hydrogens is 234 g/mol. The molecule has 0 aromatic carbocycles. The molecule has 2 aromatic heterocycles. The minimum atomic E-state index is -0.436. The Labute approximate surface area is 103 Å². The fraction of sp³-hybridized carbons (Fsp3) is 0.273. The van der Waals surface area contributed by atoms with E-state index in [0.717, 1.165) is 12.2 Å². The molecule has 2 heterocycles. The first-order valence-corrected chi connectivity index (χ1v) is 5.50. The van der Waals surface area contributed by atoms with E-state index in [0.29, 0.717) is 17.9 Å². The number of pyridine rings is 1. The summed E-state index contributed by atoms with van der Waals surface area (Å²) in [4.78, 5) is 21.3. The van der Waals surface area contributed by atoms with Crippen molar-refractivity contribution < 1.29 is 4.92 Å². The topological polar surface area (TPSA) is 96.7 Å². The standard InChI is InChI=1S/C11H13N5O2/c1-8-6-11(15-7-9(8)16(17)18)12-3-2-10-13-4-5-14-10/h4-7H,2-3H2,1H3,(H,12,15)(H,13,14). The number of imidazole rings is 1. The maximum atomic E-state index is 10.6. The van der Waals surface area contributed by atoms with Crippen LogP contribution in [0.3, 0.4) is 0 Å². The average Bonchev–Trinajstić information content (AvgIpc) is 2.81. The van der Waals surface area contributed by atoms with E-state index in [9.17, 15) is 10.1 Å². The van der Waals surface area contributed by atoms with Gasteiger partial charge < -0.3 is 10.3 Å². The highest BCUT2D eigenvalue weighted by atomic mass is 16.6. The van der Waals surface area contributed by atoms with Crippen molar-refractivity contribution in [3.8, 4) is 0 Å². The fourth-order valence-electron chi connectivity index (χ4n) is 1.58. The molecule has 18 heavy (non-hydrogen) atoms. The lowest BCUT2D eigenvalue weighted by Crippen LogP contribution is -2.07. The molecule has 0 saturated carbocycles. The van der Waals surface area contributed by atoms with Crippen molar-refractivity contribution in [3.63, 3.8) is 0 Å². The lowest BCUT2D eigenvalue weighted by atomic mass is 10.2. The molecule has 7 nitrogen and oxygen atoms in total. The summed E-state index contributed by atoms with van der Waals surface area (Å²) in [6.45, 7) is 2.36. The number of nitrogens with zero attached hydrogens (tertiary/aromatic N) is 3. The van der Waals surface area contributed by atoms with Crippen LogP contribution in [0.25, 0.3) is 0 Å². The maximum absolute atomic E-state index is 10.6. The van der Waals surface area contributed by atoms with E-state index in [-0.39, 0.29) is 5.69 Å². The number of nitrogens with one attached hydrogen (secondary N) is 2. The molecule has 0 radical (unpaired) electrons. The van der Waals surface area contributed by atoms with E-state index in [4.69, 9.17) is 0 Å². The molecule has 0 spiro atoms. The average molecular weight is 247 g/mol. The van der Waals surface area contributed by atoms with E-state index >= 15 is 0 Å². The first-order valence-electron chi connectivity index (χ1n) is 5.50. The maximum Gasteiger partial charge on any atom is 0.290 e. The third kappa shape index (κ3) is 2.82. The van der Waals surface area contributed by atoms with Crippen LogP contribution in [-0.4, -0.2) is 26.4 Å². The van der Waals surface area contributed by atoms with Crippen molar-refractivity contribution in [1.29, 1.82) is 0 Å². The van der Waals surface area contributed by atoms with Gasteiger partial charge in [-0.2, -0.15) is 0 Å². The molecule has 0 amide bonds. The second-order valence-electron chi connectivity index (χ2n) is 3.83. The van der Waals surface area contributed by atoms with Crippen LogP contribution in [-0.2, 0) is 6.42 Å². The number of aromatic nitrogens is 3. The zero-order valence-electron chi connectivity index (χ0n) is 9.88. The number of aromatic amines is 1. The molecule has 0 unspecified atom stereocenters. The van der Waals surface area contributed by atoms with Gasteiger partial charge in [-0.05, 0) is 13.0 Å². The van der Waals surface area contributed by atoms with Crippen molar-refractivity contribution in [1.82, 2.24) is 15.0 Å². The van der Waals surface area contributed by atoms with Crippen LogP contribution >= 0.6 is 0 Å². The predicted octanol–water partition coefficient (Wildman–Crippen LogP) is 1.68. The molecule has 94 valence electrons. The number of H-pyrrole nitrogens is 1. The lowest BCUT2D eigenvalue weighted by Gasteiger charge is -2.05. The highest BCUT2D eigenvalue weighted by molar-refractivity contribution is 5.46. The summed E-state index contributed by atoms with van der Waals surface area (Å²) < 4.78 is 0. The minimum absolute atomic E-state index is 0.0339. The van der Waals surface area contributed by atoms with Crippen LogP contribution in [0.4, 0.5) is 11.5 Å². The van der Waals surface area contributed by atoms with Crippen molar-refractivity contribution >= 4 is 11.5 Å². The van der Waals surface area contributed by atoms with Crippen molar-refractivity contribution in [3.05, 3.63) is 46.2 Å². The minimum Gasteiger partial charge on any atom is -0.370 e. The largest absolute Gasteiger partial charge is 0.370 e. The van der Waals surface area contributed by atoms with Gasteiger partial charge >= 0.3 is 0 Å². The van der Waals surface area contributed by atoms with Gasteiger partial charge in [-0.3, -0.25) is 10.1 Å². The third-order valence-corrected chi connectivity index (χ3v) is 2.50. The van der Waals surface area contributed by atoms with Crippen LogP contribution in [0.1, 0.15) is 11.4 Å². The van der Waals surface area contributed by atoms with Gasteiger partial charge in [0.05, 0.1) is 4.92 Å². The summed E-state index contributed by atoms with van der Waals surface area (Å²) in [6.07, 6.45) is 5.47. The van der Waals surface area contributed by atoms with Crippen LogP contribution < -0.4 is 5.32 Å². The van der Waals surface area contributed by atoms with Gasteiger partial charge in [0.2, 0.25) is 0 Å². The second kappa shape index (κ2) is 5.26. The SMILES string of the molecule is Cc1cc(NCCc2ncc[nH]2)ncc1[N+](=O)[O-]. The molecule has 0 saturated heterocycles. The molecule has 0 atom stereocenters. The molecule has 2 aromatic rings.